The zero-order chi connectivity index (χ0) is 19.7. The number of nitrogens with zero attached hydrogens (tertiary/aromatic N) is 2. The topological polar surface area (TPSA) is 117 Å². The number of sulfonamides is 1. The Hall–Kier alpha value is -1.78. The van der Waals surface area contributed by atoms with Gasteiger partial charge in [0, 0.05) is 25.9 Å². The molecule has 0 saturated heterocycles. The van der Waals surface area contributed by atoms with Crippen molar-refractivity contribution in [3.63, 3.8) is 0 Å². The molecule has 1 unspecified atom stereocenters. The monoisotopic (exact) mass is 401 g/mol. The number of hydrogen-bond acceptors (Lipinski definition) is 5. The molecule has 146 valence electrons. The van der Waals surface area contributed by atoms with E-state index in [1.807, 2.05) is 6.26 Å². The van der Waals surface area contributed by atoms with E-state index in [0.717, 1.165) is 5.56 Å². The second-order valence-corrected chi connectivity index (χ2v) is 8.76. The van der Waals surface area contributed by atoms with Gasteiger partial charge in [0.1, 0.15) is 0 Å². The zero-order valence-corrected chi connectivity index (χ0v) is 17.2. The molecule has 1 rings (SSSR count). The van der Waals surface area contributed by atoms with Gasteiger partial charge < -0.3 is 15.5 Å². The minimum atomic E-state index is -3.70. The molecule has 0 aliphatic heterocycles. The lowest BCUT2D eigenvalue weighted by Gasteiger charge is -2.16. The summed E-state index contributed by atoms with van der Waals surface area (Å²) in [5, 5.41) is 11.7. The highest BCUT2D eigenvalue weighted by Gasteiger charge is 2.09. The number of benzene rings is 1. The van der Waals surface area contributed by atoms with Crippen LogP contribution in [-0.2, 0) is 21.4 Å². The number of rotatable bonds is 8. The average Bonchev–Trinajstić information content (AvgIpc) is 2.59. The van der Waals surface area contributed by atoms with Crippen LogP contribution in [0, 0.1) is 0 Å². The maximum Gasteiger partial charge on any atom is 0.241 e. The van der Waals surface area contributed by atoms with E-state index >= 15 is 0 Å². The third-order valence-electron chi connectivity index (χ3n) is 3.54. The first kappa shape index (κ1) is 22.3. The highest BCUT2D eigenvalue weighted by Crippen LogP contribution is 2.09. The normalized spacial score (nSPS) is 13.2. The van der Waals surface area contributed by atoms with E-state index < -0.39 is 10.0 Å². The van der Waals surface area contributed by atoms with E-state index in [9.17, 15) is 13.2 Å². The molecule has 0 aliphatic rings. The molecule has 0 heterocycles. The quantitative estimate of drug-likeness (QED) is 0.423. The number of guanidine groups is 1. The van der Waals surface area contributed by atoms with Crippen LogP contribution < -0.4 is 15.8 Å². The third-order valence-corrected chi connectivity index (χ3v) is 5.44. The Morgan fingerprint density at radius 3 is 2.38 bits per heavy atom. The van der Waals surface area contributed by atoms with E-state index in [4.69, 9.17) is 5.14 Å². The number of primary sulfonamides is 1. The van der Waals surface area contributed by atoms with Gasteiger partial charge in [0.05, 0.1) is 18.0 Å². The number of aliphatic imine (C=N–C) groups is 1. The van der Waals surface area contributed by atoms with Crippen molar-refractivity contribution in [1.29, 1.82) is 0 Å². The van der Waals surface area contributed by atoms with E-state index in [1.165, 1.54) is 17.0 Å². The van der Waals surface area contributed by atoms with E-state index in [0.29, 0.717) is 24.3 Å². The van der Waals surface area contributed by atoms with Gasteiger partial charge in [-0.15, -0.1) is 0 Å². The van der Waals surface area contributed by atoms with Gasteiger partial charge in [-0.3, -0.25) is 4.79 Å². The molecule has 1 atom stereocenters. The fourth-order valence-electron chi connectivity index (χ4n) is 1.77. The van der Waals surface area contributed by atoms with Crippen molar-refractivity contribution >= 4 is 33.7 Å². The van der Waals surface area contributed by atoms with Crippen molar-refractivity contribution in [2.45, 2.75) is 23.6 Å². The number of carbonyl (C=O) groups excluding carboxylic acids is 1. The summed E-state index contributed by atoms with van der Waals surface area (Å²) in [6, 6.07) is 6.23. The lowest BCUT2D eigenvalue weighted by atomic mass is 10.2. The smallest absolute Gasteiger partial charge is 0.241 e. The van der Waals surface area contributed by atoms with Gasteiger partial charge in [-0.2, -0.15) is 11.8 Å². The SMILES string of the molecule is CSC(C)CNC(=NCc1ccc(S(N)(=O)=O)cc1)NCC(=O)N(C)C. The number of carbonyl (C=O) groups is 1. The van der Waals surface area contributed by atoms with E-state index in [-0.39, 0.29) is 17.3 Å². The molecule has 0 fully saturated rings. The van der Waals surface area contributed by atoms with Crippen molar-refractivity contribution in [3.8, 4) is 0 Å². The Balaban J connectivity index is 2.78. The summed E-state index contributed by atoms with van der Waals surface area (Å²) < 4.78 is 22.6. The van der Waals surface area contributed by atoms with Crippen LogP contribution in [0.15, 0.2) is 34.2 Å². The minimum absolute atomic E-state index is 0.0603. The molecule has 1 aromatic carbocycles. The zero-order valence-electron chi connectivity index (χ0n) is 15.5. The second-order valence-electron chi connectivity index (χ2n) is 5.92. The standard InChI is InChI=1S/C16H27N5O3S2/c1-12(25-4)9-18-16(20-11-15(22)21(2)3)19-10-13-5-7-14(8-6-13)26(17,23)24/h5-8,12H,9-11H2,1-4H3,(H2,17,23,24)(H2,18,19,20). The van der Waals surface area contributed by atoms with Crippen LogP contribution >= 0.6 is 11.8 Å². The Labute approximate surface area is 159 Å². The summed E-state index contributed by atoms with van der Waals surface area (Å²) in [4.78, 5) is 17.8. The molecule has 0 bridgehead atoms. The summed E-state index contributed by atoms with van der Waals surface area (Å²) >= 11 is 1.73. The van der Waals surface area contributed by atoms with Gasteiger partial charge in [-0.25, -0.2) is 18.5 Å². The molecule has 26 heavy (non-hydrogen) atoms. The van der Waals surface area contributed by atoms with Crippen molar-refractivity contribution in [2.75, 3.05) is 33.4 Å². The van der Waals surface area contributed by atoms with Gasteiger partial charge in [0.25, 0.3) is 0 Å². The minimum Gasteiger partial charge on any atom is -0.355 e. The summed E-state index contributed by atoms with van der Waals surface area (Å²) in [6.07, 6.45) is 2.03. The Kier molecular flexibility index (Phi) is 8.89. The van der Waals surface area contributed by atoms with Crippen LogP contribution in [0.3, 0.4) is 0 Å². The van der Waals surface area contributed by atoms with Crippen LogP contribution in [0.4, 0.5) is 0 Å². The van der Waals surface area contributed by atoms with Crippen LogP contribution in [-0.4, -0.2) is 63.9 Å². The number of nitrogens with one attached hydrogen (secondary N) is 2. The molecule has 0 spiro atoms. The maximum atomic E-state index is 11.8. The molecule has 0 aliphatic carbocycles. The number of likely N-dealkylation sites (N-methyl/N-ethyl adjacent to an activating group) is 1. The summed E-state index contributed by atoms with van der Waals surface area (Å²) in [5.41, 5.74) is 0.829. The highest BCUT2D eigenvalue weighted by atomic mass is 32.2. The number of amides is 1. The number of hydrogen-bond donors (Lipinski definition) is 3. The first-order valence-corrected chi connectivity index (χ1v) is 10.8. The average molecular weight is 402 g/mol. The number of thioether (sulfide) groups is 1. The fraction of sp³-hybridized carbons (Fsp3) is 0.500. The molecule has 0 aromatic heterocycles. The third kappa shape index (κ3) is 8.07. The number of nitrogens with two attached hydrogens (primary N) is 1. The predicted octanol–water partition coefficient (Wildman–Crippen LogP) is 0.209. The molecule has 1 aromatic rings. The highest BCUT2D eigenvalue weighted by molar-refractivity contribution is 7.99. The fourth-order valence-corrected chi connectivity index (χ4v) is 2.54. The maximum absolute atomic E-state index is 11.8. The molecule has 1 amide bonds. The lowest BCUT2D eigenvalue weighted by Crippen LogP contribution is -2.44. The molecule has 8 nitrogen and oxygen atoms in total. The van der Waals surface area contributed by atoms with E-state index in [1.54, 1.807) is 38.0 Å². The second kappa shape index (κ2) is 10.4. The molecule has 0 saturated carbocycles. The lowest BCUT2D eigenvalue weighted by molar-refractivity contribution is -0.127. The van der Waals surface area contributed by atoms with Crippen molar-refractivity contribution in [2.24, 2.45) is 10.1 Å². The molecule has 10 heteroatoms. The van der Waals surface area contributed by atoms with Crippen molar-refractivity contribution in [1.82, 2.24) is 15.5 Å². The van der Waals surface area contributed by atoms with Gasteiger partial charge in [-0.1, -0.05) is 19.1 Å². The Bertz CT molecular complexity index is 718. The van der Waals surface area contributed by atoms with Gasteiger partial charge in [-0.05, 0) is 24.0 Å². The molecule has 0 radical (unpaired) electrons. The summed E-state index contributed by atoms with van der Waals surface area (Å²) in [7, 11) is -0.320. The van der Waals surface area contributed by atoms with Crippen LogP contribution in [0.25, 0.3) is 0 Å². The first-order valence-electron chi connectivity index (χ1n) is 8.00. The van der Waals surface area contributed by atoms with Crippen LogP contribution in [0.5, 0.6) is 0 Å². The van der Waals surface area contributed by atoms with Crippen molar-refractivity contribution in [3.05, 3.63) is 29.8 Å². The largest absolute Gasteiger partial charge is 0.355 e. The van der Waals surface area contributed by atoms with Gasteiger partial charge >= 0.3 is 0 Å². The van der Waals surface area contributed by atoms with Gasteiger partial charge in [0.2, 0.25) is 15.9 Å². The summed E-state index contributed by atoms with van der Waals surface area (Å²) in [6.45, 7) is 3.26. The van der Waals surface area contributed by atoms with E-state index in [2.05, 4.69) is 22.5 Å². The Morgan fingerprint density at radius 2 is 1.88 bits per heavy atom. The molecular weight excluding hydrogens is 374 g/mol. The molecular formula is C16H27N5O3S2. The summed E-state index contributed by atoms with van der Waals surface area (Å²) in [5.74, 6) is 0.464. The Morgan fingerprint density at radius 1 is 1.27 bits per heavy atom. The van der Waals surface area contributed by atoms with Crippen LogP contribution in [0.2, 0.25) is 0 Å². The predicted molar refractivity (Wildman–Crippen MR) is 107 cm³/mol. The van der Waals surface area contributed by atoms with Gasteiger partial charge in [0.15, 0.2) is 5.96 Å². The molecule has 4 N–H and O–H groups in total. The first-order chi connectivity index (χ1) is 12.1. The van der Waals surface area contributed by atoms with Crippen LogP contribution in [0.1, 0.15) is 12.5 Å². The van der Waals surface area contributed by atoms with Crippen molar-refractivity contribution < 1.29 is 13.2 Å².